The molecule has 0 bridgehead atoms. The molecule has 2 nitrogen and oxygen atoms in total. The van der Waals surface area contributed by atoms with Crippen LogP contribution in [-0.2, 0) is 11.2 Å². The van der Waals surface area contributed by atoms with Gasteiger partial charge in [-0.05, 0) is 36.8 Å². The van der Waals surface area contributed by atoms with Crippen molar-refractivity contribution in [3.8, 4) is 0 Å². The summed E-state index contributed by atoms with van der Waals surface area (Å²) in [5, 5.41) is 0. The van der Waals surface area contributed by atoms with Crippen LogP contribution in [0.2, 0.25) is 0 Å². The van der Waals surface area contributed by atoms with Crippen molar-refractivity contribution in [2.75, 3.05) is 11.4 Å². The van der Waals surface area contributed by atoms with E-state index in [-0.39, 0.29) is 0 Å². The minimum absolute atomic E-state index is 0.318. The summed E-state index contributed by atoms with van der Waals surface area (Å²) in [6.45, 7) is 3.12. The number of hydrogen-bond acceptors (Lipinski definition) is 1. The first-order valence-electron chi connectivity index (χ1n) is 6.15. The largest absolute Gasteiger partial charge is 0.312 e. The lowest BCUT2D eigenvalue weighted by molar-refractivity contribution is -0.120. The van der Waals surface area contributed by atoms with Crippen molar-refractivity contribution >= 4 is 11.6 Å². The van der Waals surface area contributed by atoms with Crippen LogP contribution in [0.3, 0.4) is 0 Å². The number of carbonyl (C=O) groups excluding carboxylic acids is 1. The van der Waals surface area contributed by atoms with E-state index in [1.807, 2.05) is 11.0 Å². The lowest BCUT2D eigenvalue weighted by Gasteiger charge is -2.33. The maximum atomic E-state index is 12.2. The van der Waals surface area contributed by atoms with Gasteiger partial charge in [0.2, 0.25) is 5.91 Å². The number of hydrogen-bond donors (Lipinski definition) is 0. The quantitative estimate of drug-likeness (QED) is 0.705. The van der Waals surface area contributed by atoms with E-state index in [0.29, 0.717) is 17.7 Å². The van der Waals surface area contributed by atoms with Crippen LogP contribution in [0.1, 0.15) is 25.3 Å². The van der Waals surface area contributed by atoms with Gasteiger partial charge >= 0.3 is 0 Å². The fraction of sp³-hybridized carbons (Fsp3) is 0.500. The zero-order valence-electron chi connectivity index (χ0n) is 9.65. The van der Waals surface area contributed by atoms with Crippen molar-refractivity contribution in [2.45, 2.75) is 26.2 Å². The van der Waals surface area contributed by atoms with E-state index in [1.54, 1.807) is 0 Å². The molecule has 0 radical (unpaired) electrons. The maximum absolute atomic E-state index is 12.2. The lowest BCUT2D eigenvalue weighted by atomic mass is 9.93. The highest BCUT2D eigenvalue weighted by Crippen LogP contribution is 2.36. The predicted molar refractivity (Wildman–Crippen MR) is 64.4 cm³/mol. The van der Waals surface area contributed by atoms with E-state index >= 15 is 0 Å². The van der Waals surface area contributed by atoms with E-state index < -0.39 is 0 Å². The standard InChI is InChI=1S/C14H17NO/c1-10-8-12-4-2-3-5-13(12)15(9-10)14(16)11-6-7-11/h2-5,10-11H,6-9H2,1H3. The molecule has 1 aromatic carbocycles. The molecule has 2 heteroatoms. The summed E-state index contributed by atoms with van der Waals surface area (Å²) >= 11 is 0. The Morgan fingerprint density at radius 2 is 2.06 bits per heavy atom. The minimum Gasteiger partial charge on any atom is -0.312 e. The topological polar surface area (TPSA) is 20.3 Å². The van der Waals surface area contributed by atoms with Gasteiger partial charge in [0.05, 0.1) is 0 Å². The van der Waals surface area contributed by atoms with Crippen LogP contribution in [-0.4, -0.2) is 12.5 Å². The van der Waals surface area contributed by atoms with E-state index in [0.717, 1.165) is 31.5 Å². The molecule has 0 N–H and O–H groups in total. The van der Waals surface area contributed by atoms with Crippen LogP contribution >= 0.6 is 0 Å². The Kier molecular flexibility index (Phi) is 2.23. The van der Waals surface area contributed by atoms with Crippen LogP contribution in [0.15, 0.2) is 24.3 Å². The zero-order valence-corrected chi connectivity index (χ0v) is 9.65. The Morgan fingerprint density at radius 3 is 2.81 bits per heavy atom. The highest BCUT2D eigenvalue weighted by molar-refractivity contribution is 5.97. The highest BCUT2D eigenvalue weighted by atomic mass is 16.2. The zero-order chi connectivity index (χ0) is 11.1. The highest BCUT2D eigenvalue weighted by Gasteiger charge is 2.36. The molecular formula is C14H17NO. The number of benzene rings is 1. The van der Waals surface area contributed by atoms with Crippen LogP contribution in [0.5, 0.6) is 0 Å². The van der Waals surface area contributed by atoms with Gasteiger partial charge in [-0.1, -0.05) is 25.1 Å². The first-order chi connectivity index (χ1) is 7.75. The predicted octanol–water partition coefficient (Wildman–Crippen LogP) is 2.62. The Hall–Kier alpha value is -1.31. The fourth-order valence-corrected chi connectivity index (χ4v) is 2.56. The van der Waals surface area contributed by atoms with Crippen LogP contribution in [0.25, 0.3) is 0 Å². The van der Waals surface area contributed by atoms with Crippen LogP contribution < -0.4 is 4.90 Å². The third-order valence-electron chi connectivity index (χ3n) is 3.54. The van der Waals surface area contributed by atoms with Gasteiger partial charge < -0.3 is 4.90 Å². The van der Waals surface area contributed by atoms with E-state index in [1.165, 1.54) is 5.56 Å². The maximum Gasteiger partial charge on any atom is 0.230 e. The number of amides is 1. The first-order valence-corrected chi connectivity index (χ1v) is 6.15. The molecule has 16 heavy (non-hydrogen) atoms. The summed E-state index contributed by atoms with van der Waals surface area (Å²) in [5.74, 6) is 1.25. The van der Waals surface area contributed by atoms with E-state index in [4.69, 9.17) is 0 Å². The Labute approximate surface area is 96.3 Å². The molecular weight excluding hydrogens is 198 g/mol. The van der Waals surface area contributed by atoms with Crippen LogP contribution in [0, 0.1) is 11.8 Å². The van der Waals surface area contributed by atoms with E-state index in [2.05, 4.69) is 25.1 Å². The van der Waals surface area contributed by atoms with Crippen molar-refractivity contribution < 1.29 is 4.79 Å². The van der Waals surface area contributed by atoms with Crippen molar-refractivity contribution in [3.05, 3.63) is 29.8 Å². The van der Waals surface area contributed by atoms with Gasteiger partial charge in [0.25, 0.3) is 0 Å². The second-order valence-electron chi connectivity index (χ2n) is 5.16. The van der Waals surface area contributed by atoms with Gasteiger partial charge in [0.1, 0.15) is 0 Å². The third-order valence-corrected chi connectivity index (χ3v) is 3.54. The molecule has 1 heterocycles. The van der Waals surface area contributed by atoms with Gasteiger partial charge in [0.15, 0.2) is 0 Å². The molecule has 1 aliphatic heterocycles. The SMILES string of the molecule is CC1Cc2ccccc2N(C(=O)C2CC2)C1. The number of nitrogens with zero attached hydrogens (tertiary/aromatic N) is 1. The molecule has 0 saturated heterocycles. The molecule has 0 spiro atoms. The average Bonchev–Trinajstić information content (AvgIpc) is 3.10. The molecule has 3 rings (SSSR count). The summed E-state index contributed by atoms with van der Waals surface area (Å²) < 4.78 is 0. The number of fused-ring (bicyclic) bond motifs is 1. The second kappa shape index (κ2) is 3.62. The molecule has 1 saturated carbocycles. The average molecular weight is 215 g/mol. The summed E-state index contributed by atoms with van der Waals surface area (Å²) in [6.07, 6.45) is 3.28. The Balaban J connectivity index is 1.96. The number of rotatable bonds is 1. The second-order valence-corrected chi connectivity index (χ2v) is 5.16. The van der Waals surface area contributed by atoms with Gasteiger partial charge in [0, 0.05) is 18.2 Å². The van der Waals surface area contributed by atoms with Crippen LogP contribution in [0.4, 0.5) is 5.69 Å². The molecule has 2 aliphatic rings. The molecule has 1 aromatic rings. The van der Waals surface area contributed by atoms with Crippen molar-refractivity contribution in [1.82, 2.24) is 0 Å². The Morgan fingerprint density at radius 1 is 1.31 bits per heavy atom. The molecule has 1 amide bonds. The fourth-order valence-electron chi connectivity index (χ4n) is 2.56. The summed E-state index contributed by atoms with van der Waals surface area (Å²) in [7, 11) is 0. The van der Waals surface area contributed by atoms with E-state index in [9.17, 15) is 4.79 Å². The third kappa shape index (κ3) is 1.62. The van der Waals surface area contributed by atoms with Gasteiger partial charge in [-0.15, -0.1) is 0 Å². The summed E-state index contributed by atoms with van der Waals surface area (Å²) in [5.41, 5.74) is 2.48. The summed E-state index contributed by atoms with van der Waals surface area (Å²) in [4.78, 5) is 14.2. The molecule has 1 fully saturated rings. The van der Waals surface area contributed by atoms with Gasteiger partial charge in [-0.25, -0.2) is 0 Å². The van der Waals surface area contributed by atoms with Crippen molar-refractivity contribution in [2.24, 2.45) is 11.8 Å². The van der Waals surface area contributed by atoms with Gasteiger partial charge in [-0.2, -0.15) is 0 Å². The lowest BCUT2D eigenvalue weighted by Crippen LogP contribution is -2.40. The Bertz CT molecular complexity index is 422. The minimum atomic E-state index is 0.318. The summed E-state index contributed by atoms with van der Waals surface area (Å²) in [6, 6.07) is 8.33. The molecule has 0 aromatic heterocycles. The molecule has 1 unspecified atom stereocenters. The molecule has 1 atom stereocenters. The van der Waals surface area contributed by atoms with Crippen molar-refractivity contribution in [3.63, 3.8) is 0 Å². The number of anilines is 1. The molecule has 84 valence electrons. The number of carbonyl (C=O) groups is 1. The normalized spacial score (nSPS) is 24.1. The number of para-hydroxylation sites is 1. The van der Waals surface area contributed by atoms with Crippen molar-refractivity contribution in [1.29, 1.82) is 0 Å². The first kappa shape index (κ1) is 9.88. The van der Waals surface area contributed by atoms with Gasteiger partial charge in [-0.3, -0.25) is 4.79 Å². The molecule has 1 aliphatic carbocycles. The monoisotopic (exact) mass is 215 g/mol. The smallest absolute Gasteiger partial charge is 0.230 e.